The second-order valence-electron chi connectivity index (χ2n) is 5.48. The van der Waals surface area contributed by atoms with Crippen molar-refractivity contribution >= 4 is 5.91 Å². The fraction of sp³-hybridized carbons (Fsp3) is 0.562. The lowest BCUT2D eigenvalue weighted by Crippen LogP contribution is -2.53. The lowest BCUT2D eigenvalue weighted by Gasteiger charge is -2.30. The van der Waals surface area contributed by atoms with Crippen molar-refractivity contribution in [1.82, 2.24) is 4.90 Å². The lowest BCUT2D eigenvalue weighted by atomic mass is 9.97. The van der Waals surface area contributed by atoms with Crippen molar-refractivity contribution in [3.63, 3.8) is 0 Å². The third-order valence-corrected chi connectivity index (χ3v) is 4.10. The Morgan fingerprint density at radius 2 is 1.89 bits per heavy atom. The van der Waals surface area contributed by atoms with Gasteiger partial charge < -0.3 is 10.6 Å². The predicted molar refractivity (Wildman–Crippen MR) is 77.8 cm³/mol. The van der Waals surface area contributed by atoms with E-state index < -0.39 is 5.54 Å². The molecule has 0 bridgehead atoms. The first-order valence-electron chi connectivity index (χ1n) is 7.28. The highest BCUT2D eigenvalue weighted by Gasteiger charge is 2.39. The van der Waals surface area contributed by atoms with Gasteiger partial charge in [-0.2, -0.15) is 0 Å². The minimum atomic E-state index is -0.591. The molecule has 1 aliphatic carbocycles. The second kappa shape index (κ2) is 6.20. The Morgan fingerprint density at radius 3 is 2.47 bits per heavy atom. The smallest absolute Gasteiger partial charge is 0.242 e. The van der Waals surface area contributed by atoms with E-state index in [0.29, 0.717) is 0 Å². The summed E-state index contributed by atoms with van der Waals surface area (Å²) >= 11 is 0. The van der Waals surface area contributed by atoms with Crippen molar-refractivity contribution in [3.05, 3.63) is 35.9 Å². The van der Waals surface area contributed by atoms with Gasteiger partial charge in [0.2, 0.25) is 5.91 Å². The van der Waals surface area contributed by atoms with Crippen LogP contribution in [-0.4, -0.2) is 29.4 Å². The van der Waals surface area contributed by atoms with Gasteiger partial charge in [-0.05, 0) is 31.7 Å². The first kappa shape index (κ1) is 14.1. The standard InChI is InChI=1S/C16H24N2O/c1-2-18(13-10-14-8-4-3-5-9-14)15(19)16(17)11-6-7-12-16/h3-5,8-9H,2,6-7,10-13,17H2,1H3. The van der Waals surface area contributed by atoms with Gasteiger partial charge in [0.1, 0.15) is 0 Å². The molecule has 0 saturated heterocycles. The van der Waals surface area contributed by atoms with Crippen LogP contribution in [0, 0.1) is 0 Å². The van der Waals surface area contributed by atoms with Crippen LogP contribution in [0.5, 0.6) is 0 Å². The van der Waals surface area contributed by atoms with Crippen LogP contribution in [-0.2, 0) is 11.2 Å². The molecule has 3 nitrogen and oxygen atoms in total. The van der Waals surface area contributed by atoms with Gasteiger partial charge in [0, 0.05) is 13.1 Å². The fourth-order valence-electron chi connectivity index (χ4n) is 2.85. The van der Waals surface area contributed by atoms with Gasteiger partial charge in [0.15, 0.2) is 0 Å². The number of hydrogen-bond donors (Lipinski definition) is 1. The molecule has 0 aliphatic heterocycles. The number of carbonyl (C=O) groups excluding carboxylic acids is 1. The summed E-state index contributed by atoms with van der Waals surface area (Å²) in [5, 5.41) is 0. The number of likely N-dealkylation sites (N-methyl/N-ethyl adjacent to an activating group) is 1. The lowest BCUT2D eigenvalue weighted by molar-refractivity contribution is -0.136. The van der Waals surface area contributed by atoms with Crippen molar-refractivity contribution in [2.24, 2.45) is 5.73 Å². The molecule has 0 radical (unpaired) electrons. The largest absolute Gasteiger partial charge is 0.341 e. The highest BCUT2D eigenvalue weighted by Crippen LogP contribution is 2.29. The maximum Gasteiger partial charge on any atom is 0.242 e. The Kier molecular flexibility index (Phi) is 4.59. The van der Waals surface area contributed by atoms with E-state index in [1.807, 2.05) is 30.0 Å². The zero-order chi connectivity index (χ0) is 13.7. The number of amides is 1. The van der Waals surface area contributed by atoms with E-state index >= 15 is 0 Å². The highest BCUT2D eigenvalue weighted by molar-refractivity contribution is 5.86. The number of nitrogens with two attached hydrogens (primary N) is 1. The summed E-state index contributed by atoms with van der Waals surface area (Å²) in [6.07, 6.45) is 4.74. The first-order valence-corrected chi connectivity index (χ1v) is 7.28. The van der Waals surface area contributed by atoms with E-state index in [-0.39, 0.29) is 5.91 Å². The van der Waals surface area contributed by atoms with Crippen molar-refractivity contribution in [2.45, 2.75) is 44.6 Å². The monoisotopic (exact) mass is 260 g/mol. The number of nitrogens with zero attached hydrogens (tertiary/aromatic N) is 1. The molecular formula is C16H24N2O. The summed E-state index contributed by atoms with van der Waals surface area (Å²) in [5.74, 6) is 0.142. The summed E-state index contributed by atoms with van der Waals surface area (Å²) in [5.41, 5.74) is 6.94. The van der Waals surface area contributed by atoms with E-state index in [2.05, 4.69) is 12.1 Å². The summed E-state index contributed by atoms with van der Waals surface area (Å²) in [7, 11) is 0. The molecule has 0 spiro atoms. The van der Waals surface area contributed by atoms with E-state index in [1.54, 1.807) is 0 Å². The normalized spacial score (nSPS) is 17.4. The number of benzene rings is 1. The number of rotatable bonds is 5. The SMILES string of the molecule is CCN(CCc1ccccc1)C(=O)C1(N)CCCC1. The maximum absolute atomic E-state index is 12.5. The highest BCUT2D eigenvalue weighted by atomic mass is 16.2. The molecule has 1 fully saturated rings. The molecule has 1 saturated carbocycles. The predicted octanol–water partition coefficient (Wildman–Crippen LogP) is 2.35. The van der Waals surface area contributed by atoms with Gasteiger partial charge in [-0.3, -0.25) is 4.79 Å². The van der Waals surface area contributed by atoms with Gasteiger partial charge in [-0.15, -0.1) is 0 Å². The van der Waals surface area contributed by atoms with Crippen LogP contribution in [0.4, 0.5) is 0 Å². The molecule has 1 aliphatic rings. The fourth-order valence-corrected chi connectivity index (χ4v) is 2.85. The molecule has 3 heteroatoms. The van der Waals surface area contributed by atoms with Crippen LogP contribution >= 0.6 is 0 Å². The zero-order valence-corrected chi connectivity index (χ0v) is 11.8. The van der Waals surface area contributed by atoms with Crippen molar-refractivity contribution in [2.75, 3.05) is 13.1 Å². The van der Waals surface area contributed by atoms with Crippen molar-refractivity contribution in [1.29, 1.82) is 0 Å². The molecule has 2 rings (SSSR count). The van der Waals surface area contributed by atoms with Gasteiger partial charge in [-0.25, -0.2) is 0 Å². The average molecular weight is 260 g/mol. The second-order valence-corrected chi connectivity index (χ2v) is 5.48. The van der Waals surface area contributed by atoms with Gasteiger partial charge >= 0.3 is 0 Å². The van der Waals surface area contributed by atoms with E-state index in [0.717, 1.165) is 45.2 Å². The van der Waals surface area contributed by atoms with Gasteiger partial charge in [0.05, 0.1) is 5.54 Å². The summed E-state index contributed by atoms with van der Waals surface area (Å²) in [6, 6.07) is 10.3. The minimum Gasteiger partial charge on any atom is -0.341 e. The Morgan fingerprint density at radius 1 is 1.26 bits per heavy atom. The summed E-state index contributed by atoms with van der Waals surface area (Å²) in [4.78, 5) is 14.4. The first-order chi connectivity index (χ1) is 9.15. The van der Waals surface area contributed by atoms with Crippen LogP contribution in [0.15, 0.2) is 30.3 Å². The average Bonchev–Trinajstić information content (AvgIpc) is 2.88. The number of hydrogen-bond acceptors (Lipinski definition) is 2. The molecule has 2 N–H and O–H groups in total. The molecule has 104 valence electrons. The molecule has 1 aromatic carbocycles. The molecular weight excluding hydrogens is 236 g/mol. The van der Waals surface area contributed by atoms with Crippen LogP contribution in [0.2, 0.25) is 0 Å². The zero-order valence-electron chi connectivity index (χ0n) is 11.8. The third kappa shape index (κ3) is 3.35. The van der Waals surface area contributed by atoms with Crippen molar-refractivity contribution < 1.29 is 4.79 Å². The quantitative estimate of drug-likeness (QED) is 0.883. The van der Waals surface area contributed by atoms with Crippen molar-refractivity contribution in [3.8, 4) is 0 Å². The van der Waals surface area contributed by atoms with Gasteiger partial charge in [0.25, 0.3) is 0 Å². The van der Waals surface area contributed by atoms with Gasteiger partial charge in [-0.1, -0.05) is 43.2 Å². The third-order valence-electron chi connectivity index (χ3n) is 4.10. The van der Waals surface area contributed by atoms with Crippen LogP contribution in [0.1, 0.15) is 38.2 Å². The molecule has 0 unspecified atom stereocenters. The Hall–Kier alpha value is -1.35. The topological polar surface area (TPSA) is 46.3 Å². The van der Waals surface area contributed by atoms with E-state index in [9.17, 15) is 4.79 Å². The molecule has 0 heterocycles. The van der Waals surface area contributed by atoms with E-state index in [4.69, 9.17) is 5.73 Å². The summed E-state index contributed by atoms with van der Waals surface area (Å²) < 4.78 is 0. The molecule has 19 heavy (non-hydrogen) atoms. The Labute approximate surface area is 115 Å². The Bertz CT molecular complexity index is 410. The molecule has 1 aromatic rings. The maximum atomic E-state index is 12.5. The number of carbonyl (C=O) groups is 1. The molecule has 0 atom stereocenters. The van der Waals surface area contributed by atoms with E-state index in [1.165, 1.54) is 5.56 Å². The molecule has 1 amide bonds. The molecule has 0 aromatic heterocycles. The Balaban J connectivity index is 1.94. The van der Waals surface area contributed by atoms with Crippen LogP contribution < -0.4 is 5.73 Å². The van der Waals surface area contributed by atoms with Crippen LogP contribution in [0.3, 0.4) is 0 Å². The minimum absolute atomic E-state index is 0.142. The van der Waals surface area contributed by atoms with Crippen LogP contribution in [0.25, 0.3) is 0 Å². The summed E-state index contributed by atoms with van der Waals surface area (Å²) in [6.45, 7) is 3.53.